The first kappa shape index (κ1) is 20.4. The number of anilines is 1. The van der Waals surface area contributed by atoms with Crippen LogP contribution in [0.2, 0.25) is 0 Å². The van der Waals surface area contributed by atoms with Crippen LogP contribution in [0.15, 0.2) is 47.4 Å². The second kappa shape index (κ2) is 7.56. The normalized spacial score (nSPS) is 14.5. The molecule has 0 saturated heterocycles. The Morgan fingerprint density at radius 2 is 1.86 bits per heavy atom. The first-order chi connectivity index (χ1) is 13.1. The van der Waals surface area contributed by atoms with Gasteiger partial charge in [0.05, 0.1) is 7.11 Å². The Bertz CT molecular complexity index is 994. The van der Waals surface area contributed by atoms with Gasteiger partial charge in [0.25, 0.3) is 5.91 Å². The number of fused-ring (bicyclic) bond motifs is 1. The van der Waals surface area contributed by atoms with Crippen LogP contribution >= 0.6 is 0 Å². The summed E-state index contributed by atoms with van der Waals surface area (Å²) in [5.74, 6) is -0.0191. The number of hydrogen-bond donors (Lipinski definition) is 1. The van der Waals surface area contributed by atoms with Crippen molar-refractivity contribution in [3.63, 3.8) is 0 Å². The number of para-hydroxylation sites is 1. The lowest BCUT2D eigenvalue weighted by molar-refractivity contribution is 0.0985. The number of sulfonamides is 1. The quantitative estimate of drug-likeness (QED) is 0.851. The largest absolute Gasteiger partial charge is 0.495 e. The topological polar surface area (TPSA) is 75.7 Å². The second-order valence-electron chi connectivity index (χ2n) is 7.91. The predicted molar refractivity (Wildman–Crippen MR) is 110 cm³/mol. The molecule has 0 atom stereocenters. The summed E-state index contributed by atoms with van der Waals surface area (Å²) in [6.45, 7) is 5.88. The van der Waals surface area contributed by atoms with E-state index in [2.05, 4.69) is 4.72 Å². The zero-order chi connectivity index (χ0) is 20.5. The molecule has 1 N–H and O–H groups in total. The van der Waals surface area contributed by atoms with E-state index < -0.39 is 15.6 Å². The summed E-state index contributed by atoms with van der Waals surface area (Å²) in [6, 6.07) is 12.3. The molecule has 0 saturated carbocycles. The summed E-state index contributed by atoms with van der Waals surface area (Å²) in [6.07, 6.45) is 1.80. The molecule has 0 radical (unpaired) electrons. The molecule has 0 aliphatic carbocycles. The van der Waals surface area contributed by atoms with Crippen LogP contribution in [-0.4, -0.2) is 33.5 Å². The Labute approximate surface area is 166 Å². The monoisotopic (exact) mass is 402 g/mol. The molecule has 2 aromatic rings. The number of nitrogens with one attached hydrogen (secondary N) is 1. The van der Waals surface area contributed by atoms with Crippen LogP contribution in [0.1, 0.15) is 43.1 Å². The Morgan fingerprint density at radius 3 is 2.54 bits per heavy atom. The summed E-state index contributed by atoms with van der Waals surface area (Å²) >= 11 is 0. The molecule has 0 bridgehead atoms. The molecule has 1 aliphatic rings. The van der Waals surface area contributed by atoms with Crippen LogP contribution in [-0.2, 0) is 16.4 Å². The number of amides is 1. The summed E-state index contributed by atoms with van der Waals surface area (Å²) < 4.78 is 33.6. The molecule has 2 aromatic carbocycles. The van der Waals surface area contributed by atoms with Crippen molar-refractivity contribution in [1.29, 1.82) is 0 Å². The lowest BCUT2D eigenvalue weighted by Crippen LogP contribution is -2.40. The van der Waals surface area contributed by atoms with Crippen molar-refractivity contribution < 1.29 is 17.9 Å². The Kier molecular flexibility index (Phi) is 5.50. The number of ether oxygens (including phenoxy) is 1. The highest BCUT2D eigenvalue weighted by Crippen LogP contribution is 2.30. The number of rotatable bonds is 4. The molecule has 0 aromatic heterocycles. The number of aryl methyl sites for hydroxylation is 1. The van der Waals surface area contributed by atoms with E-state index >= 15 is 0 Å². The number of hydrogen-bond acceptors (Lipinski definition) is 4. The van der Waals surface area contributed by atoms with Gasteiger partial charge in [0.15, 0.2) is 0 Å². The van der Waals surface area contributed by atoms with E-state index in [1.165, 1.54) is 19.2 Å². The van der Waals surface area contributed by atoms with Gasteiger partial charge in [-0.3, -0.25) is 4.79 Å². The lowest BCUT2D eigenvalue weighted by Gasteiger charge is -2.29. The first-order valence-corrected chi connectivity index (χ1v) is 10.7. The van der Waals surface area contributed by atoms with Gasteiger partial charge in [-0.15, -0.1) is 0 Å². The van der Waals surface area contributed by atoms with Gasteiger partial charge in [-0.05, 0) is 63.4 Å². The fourth-order valence-corrected chi connectivity index (χ4v) is 4.99. The van der Waals surface area contributed by atoms with Crippen molar-refractivity contribution in [3.8, 4) is 5.75 Å². The van der Waals surface area contributed by atoms with Crippen LogP contribution in [0.25, 0.3) is 0 Å². The maximum atomic E-state index is 13.2. The van der Waals surface area contributed by atoms with Gasteiger partial charge >= 0.3 is 0 Å². The highest BCUT2D eigenvalue weighted by Gasteiger charge is 2.28. The van der Waals surface area contributed by atoms with E-state index in [9.17, 15) is 13.2 Å². The third kappa shape index (κ3) is 4.20. The molecule has 0 fully saturated rings. The predicted octanol–water partition coefficient (Wildman–Crippen LogP) is 3.37. The molecule has 7 heteroatoms. The van der Waals surface area contributed by atoms with Crippen LogP contribution in [0.5, 0.6) is 5.75 Å². The zero-order valence-electron chi connectivity index (χ0n) is 16.7. The van der Waals surface area contributed by atoms with Crippen molar-refractivity contribution in [2.75, 3.05) is 18.6 Å². The molecule has 3 rings (SSSR count). The van der Waals surface area contributed by atoms with Gasteiger partial charge < -0.3 is 9.64 Å². The van der Waals surface area contributed by atoms with E-state index in [0.717, 1.165) is 24.1 Å². The average molecular weight is 403 g/mol. The number of benzene rings is 2. The average Bonchev–Trinajstić information content (AvgIpc) is 2.64. The number of carbonyl (C=O) groups is 1. The van der Waals surface area contributed by atoms with Crippen molar-refractivity contribution in [2.24, 2.45) is 0 Å². The summed E-state index contributed by atoms with van der Waals surface area (Å²) in [4.78, 5) is 14.9. The van der Waals surface area contributed by atoms with Gasteiger partial charge in [0, 0.05) is 23.3 Å². The summed E-state index contributed by atoms with van der Waals surface area (Å²) in [5, 5.41) is 0. The van der Waals surface area contributed by atoms with E-state index in [-0.39, 0.29) is 16.6 Å². The minimum absolute atomic E-state index is 0.0407. The minimum atomic E-state index is -3.85. The Hall–Kier alpha value is -2.38. The molecular formula is C21H26N2O4S. The van der Waals surface area contributed by atoms with Gasteiger partial charge in [0.2, 0.25) is 10.0 Å². The Balaban J connectivity index is 2.02. The molecule has 0 spiro atoms. The maximum absolute atomic E-state index is 13.2. The van der Waals surface area contributed by atoms with E-state index in [4.69, 9.17) is 4.74 Å². The number of nitrogens with zero attached hydrogens (tertiary/aromatic N) is 1. The molecule has 6 nitrogen and oxygen atoms in total. The maximum Gasteiger partial charge on any atom is 0.258 e. The van der Waals surface area contributed by atoms with Gasteiger partial charge in [-0.25, -0.2) is 13.1 Å². The SMILES string of the molecule is COc1ccc(C(=O)N2CCCc3ccccc32)cc1S(=O)(=O)NC(C)(C)C. The summed E-state index contributed by atoms with van der Waals surface area (Å²) in [5.41, 5.74) is 1.66. The smallest absolute Gasteiger partial charge is 0.258 e. The van der Waals surface area contributed by atoms with Crippen LogP contribution < -0.4 is 14.4 Å². The minimum Gasteiger partial charge on any atom is -0.495 e. The van der Waals surface area contributed by atoms with Crippen LogP contribution in [0.3, 0.4) is 0 Å². The van der Waals surface area contributed by atoms with Crippen molar-refractivity contribution in [3.05, 3.63) is 53.6 Å². The standard InChI is InChI=1S/C21H26N2O4S/c1-21(2,3)22-28(25,26)19-14-16(11-12-18(19)27-4)20(24)23-13-7-9-15-8-5-6-10-17(15)23/h5-6,8,10-12,14,22H,7,9,13H2,1-4H3. The van der Waals surface area contributed by atoms with Crippen molar-refractivity contribution in [2.45, 2.75) is 44.0 Å². The van der Waals surface area contributed by atoms with Crippen molar-refractivity contribution >= 4 is 21.6 Å². The fraction of sp³-hybridized carbons (Fsp3) is 0.381. The lowest BCUT2D eigenvalue weighted by atomic mass is 10.0. The van der Waals surface area contributed by atoms with Gasteiger partial charge in [0.1, 0.15) is 10.6 Å². The molecular weight excluding hydrogens is 376 g/mol. The highest BCUT2D eigenvalue weighted by molar-refractivity contribution is 7.89. The van der Waals surface area contributed by atoms with E-state index in [0.29, 0.717) is 12.1 Å². The van der Waals surface area contributed by atoms with Crippen molar-refractivity contribution in [1.82, 2.24) is 4.72 Å². The fourth-order valence-electron chi connectivity index (χ4n) is 3.38. The third-order valence-electron chi connectivity index (χ3n) is 4.50. The molecule has 1 amide bonds. The molecule has 28 heavy (non-hydrogen) atoms. The van der Waals surface area contributed by atoms with E-state index in [1.807, 2.05) is 24.3 Å². The Morgan fingerprint density at radius 1 is 1.14 bits per heavy atom. The van der Waals surface area contributed by atoms with Crippen LogP contribution in [0.4, 0.5) is 5.69 Å². The first-order valence-electron chi connectivity index (χ1n) is 9.24. The molecule has 1 heterocycles. The highest BCUT2D eigenvalue weighted by atomic mass is 32.2. The zero-order valence-corrected chi connectivity index (χ0v) is 17.5. The molecule has 1 aliphatic heterocycles. The van der Waals surface area contributed by atoms with Gasteiger partial charge in [-0.1, -0.05) is 18.2 Å². The van der Waals surface area contributed by atoms with Crippen LogP contribution in [0, 0.1) is 0 Å². The molecule has 150 valence electrons. The van der Waals surface area contributed by atoms with Gasteiger partial charge in [-0.2, -0.15) is 0 Å². The molecule has 0 unspecified atom stereocenters. The second-order valence-corrected chi connectivity index (χ2v) is 9.56. The number of carbonyl (C=O) groups excluding carboxylic acids is 1. The summed E-state index contributed by atoms with van der Waals surface area (Å²) in [7, 11) is -2.44. The number of methoxy groups -OCH3 is 1. The van der Waals surface area contributed by atoms with E-state index in [1.54, 1.807) is 31.7 Å². The third-order valence-corrected chi connectivity index (χ3v) is 6.28.